The summed E-state index contributed by atoms with van der Waals surface area (Å²) in [5.74, 6) is 1.86. The van der Waals surface area contributed by atoms with Crippen LogP contribution in [0.15, 0.2) is 61.1 Å². The maximum atomic E-state index is 13.5. The molecule has 2 aliphatic rings. The molecule has 8 heteroatoms. The number of rotatable bonds is 5. The molecule has 182 valence electrons. The van der Waals surface area contributed by atoms with Crippen LogP contribution in [0.1, 0.15) is 52.8 Å². The first-order valence-electron chi connectivity index (χ1n) is 12.3. The zero-order chi connectivity index (χ0) is 24.2. The summed E-state index contributed by atoms with van der Waals surface area (Å²) >= 11 is 0. The van der Waals surface area contributed by atoms with Crippen molar-refractivity contribution >= 4 is 11.8 Å². The molecule has 0 saturated carbocycles. The van der Waals surface area contributed by atoms with E-state index >= 15 is 0 Å². The second-order valence-corrected chi connectivity index (χ2v) is 9.28. The minimum Gasteiger partial charge on any atom is -0.497 e. The Labute approximate surface area is 205 Å². The average molecular weight is 474 g/mol. The lowest BCUT2D eigenvalue weighted by molar-refractivity contribution is 0.0374. The fourth-order valence-electron chi connectivity index (χ4n) is 5.34. The van der Waals surface area contributed by atoms with E-state index < -0.39 is 0 Å². The van der Waals surface area contributed by atoms with Crippen molar-refractivity contribution in [2.45, 2.75) is 38.1 Å². The molecule has 0 unspecified atom stereocenters. The van der Waals surface area contributed by atoms with Crippen molar-refractivity contribution in [1.29, 1.82) is 0 Å². The molecule has 5 rings (SSSR count). The summed E-state index contributed by atoms with van der Waals surface area (Å²) in [6.07, 6.45) is 10.2. The van der Waals surface area contributed by atoms with Gasteiger partial charge in [-0.05, 0) is 74.4 Å². The number of hydrogen-bond donors (Lipinski definition) is 0. The maximum absolute atomic E-state index is 13.5. The van der Waals surface area contributed by atoms with Crippen LogP contribution >= 0.6 is 0 Å². The molecular formula is C27H31N5O3. The Hall–Kier alpha value is -3.68. The molecule has 4 heterocycles. The highest BCUT2D eigenvalue weighted by Gasteiger charge is 2.36. The molecule has 2 saturated heterocycles. The summed E-state index contributed by atoms with van der Waals surface area (Å²) in [4.78, 5) is 34.9. The van der Waals surface area contributed by atoms with Crippen molar-refractivity contribution in [3.8, 4) is 11.6 Å². The Morgan fingerprint density at radius 1 is 0.943 bits per heavy atom. The number of hydrogen-bond acceptors (Lipinski definition) is 5. The third-order valence-electron chi connectivity index (χ3n) is 7.23. The van der Waals surface area contributed by atoms with Gasteiger partial charge in [0.25, 0.3) is 11.8 Å². The van der Waals surface area contributed by atoms with Gasteiger partial charge in [0.05, 0.1) is 12.7 Å². The van der Waals surface area contributed by atoms with Crippen LogP contribution in [0, 0.1) is 5.92 Å². The van der Waals surface area contributed by atoms with Crippen LogP contribution in [0.4, 0.5) is 0 Å². The summed E-state index contributed by atoms with van der Waals surface area (Å²) in [7, 11) is 1.61. The number of pyridine rings is 1. The predicted octanol–water partition coefficient (Wildman–Crippen LogP) is 3.82. The quantitative estimate of drug-likeness (QED) is 0.563. The highest BCUT2D eigenvalue weighted by molar-refractivity contribution is 5.95. The second kappa shape index (κ2) is 10.3. The van der Waals surface area contributed by atoms with E-state index in [1.54, 1.807) is 30.3 Å². The van der Waals surface area contributed by atoms with E-state index in [2.05, 4.69) is 15.0 Å². The fraction of sp³-hybridized carbons (Fsp3) is 0.407. The van der Waals surface area contributed by atoms with E-state index in [9.17, 15) is 9.59 Å². The van der Waals surface area contributed by atoms with E-state index in [4.69, 9.17) is 4.74 Å². The number of likely N-dealkylation sites (tertiary alicyclic amines) is 2. The molecule has 2 aliphatic heterocycles. The molecular weight excluding hydrogens is 442 g/mol. The molecule has 2 amide bonds. The first-order valence-corrected chi connectivity index (χ1v) is 12.3. The molecule has 0 bridgehead atoms. The third-order valence-corrected chi connectivity index (χ3v) is 7.23. The topological polar surface area (TPSA) is 80.6 Å². The van der Waals surface area contributed by atoms with Crippen molar-refractivity contribution < 1.29 is 14.3 Å². The third kappa shape index (κ3) is 4.92. The van der Waals surface area contributed by atoms with Gasteiger partial charge >= 0.3 is 0 Å². The Morgan fingerprint density at radius 3 is 2.51 bits per heavy atom. The van der Waals surface area contributed by atoms with Crippen LogP contribution in [0.3, 0.4) is 0 Å². The van der Waals surface area contributed by atoms with Gasteiger partial charge in [-0.25, -0.2) is 9.67 Å². The number of nitrogens with zero attached hydrogens (tertiary/aromatic N) is 5. The Bertz CT molecular complexity index is 1150. The van der Waals surface area contributed by atoms with Crippen molar-refractivity contribution in [1.82, 2.24) is 24.6 Å². The monoisotopic (exact) mass is 473 g/mol. The van der Waals surface area contributed by atoms with Gasteiger partial charge in [0.2, 0.25) is 0 Å². The fourth-order valence-corrected chi connectivity index (χ4v) is 5.34. The standard InChI is InChI=1S/C27H31N5O3/c1-35-23-7-4-6-21(18-23)26(33)30-16-11-20(12-17-30)24-8-2-3-14-31(24)27(34)22-9-10-25(28-19-22)32-15-5-13-29-32/h4-7,9-10,13,15,18-20,24H,2-3,8,11-12,14,16-17H2,1H3/t24-/m0/s1. The molecule has 2 fully saturated rings. The van der Waals surface area contributed by atoms with Crippen molar-refractivity contribution in [3.05, 3.63) is 72.2 Å². The predicted molar refractivity (Wildman–Crippen MR) is 132 cm³/mol. The number of carbonyl (C=O) groups excluding carboxylic acids is 2. The molecule has 2 aromatic heterocycles. The highest BCUT2D eigenvalue weighted by Crippen LogP contribution is 2.32. The smallest absolute Gasteiger partial charge is 0.255 e. The van der Waals surface area contributed by atoms with Crippen molar-refractivity contribution in [3.63, 3.8) is 0 Å². The van der Waals surface area contributed by atoms with E-state index in [-0.39, 0.29) is 17.9 Å². The van der Waals surface area contributed by atoms with Crippen LogP contribution in [0.25, 0.3) is 5.82 Å². The minimum absolute atomic E-state index is 0.0438. The molecule has 1 aromatic carbocycles. The summed E-state index contributed by atoms with van der Waals surface area (Å²) in [6, 6.07) is 13.0. The zero-order valence-electron chi connectivity index (χ0n) is 20.0. The SMILES string of the molecule is COc1cccc(C(=O)N2CCC([C@@H]3CCCCN3C(=O)c3ccc(-n4cccn4)nc3)CC2)c1. The Kier molecular flexibility index (Phi) is 6.79. The van der Waals surface area contributed by atoms with Gasteiger partial charge in [0.15, 0.2) is 5.82 Å². The highest BCUT2D eigenvalue weighted by atomic mass is 16.5. The zero-order valence-corrected chi connectivity index (χ0v) is 20.0. The van der Waals surface area contributed by atoms with Crippen LogP contribution in [-0.4, -0.2) is 69.2 Å². The van der Waals surface area contributed by atoms with E-state index in [0.717, 1.165) is 38.6 Å². The first-order chi connectivity index (χ1) is 17.1. The average Bonchev–Trinajstić information content (AvgIpc) is 3.48. The molecule has 3 aromatic rings. The van der Waals surface area contributed by atoms with Crippen LogP contribution < -0.4 is 4.74 Å². The van der Waals surface area contributed by atoms with E-state index in [1.807, 2.05) is 47.5 Å². The number of methoxy groups -OCH3 is 1. The van der Waals surface area contributed by atoms with Crippen molar-refractivity contribution in [2.24, 2.45) is 5.92 Å². The largest absolute Gasteiger partial charge is 0.497 e. The molecule has 35 heavy (non-hydrogen) atoms. The van der Waals surface area contributed by atoms with Gasteiger partial charge in [-0.15, -0.1) is 0 Å². The Morgan fingerprint density at radius 2 is 1.80 bits per heavy atom. The van der Waals surface area contributed by atoms with Gasteiger partial charge in [-0.3, -0.25) is 9.59 Å². The molecule has 0 spiro atoms. The summed E-state index contributed by atoms with van der Waals surface area (Å²) in [6.45, 7) is 2.19. The minimum atomic E-state index is 0.0438. The second-order valence-electron chi connectivity index (χ2n) is 9.28. The van der Waals surface area contributed by atoms with Crippen molar-refractivity contribution in [2.75, 3.05) is 26.7 Å². The molecule has 8 nitrogen and oxygen atoms in total. The van der Waals surface area contributed by atoms with Gasteiger partial charge in [-0.1, -0.05) is 6.07 Å². The van der Waals surface area contributed by atoms with Gasteiger partial charge in [0.1, 0.15) is 5.75 Å². The summed E-state index contributed by atoms with van der Waals surface area (Å²) in [5.41, 5.74) is 1.27. The lowest BCUT2D eigenvalue weighted by Crippen LogP contribution is -2.51. The lowest BCUT2D eigenvalue weighted by atomic mass is 9.83. The van der Waals surface area contributed by atoms with E-state index in [0.29, 0.717) is 41.7 Å². The number of carbonyl (C=O) groups is 2. The molecule has 0 N–H and O–H groups in total. The number of aromatic nitrogens is 3. The van der Waals surface area contributed by atoms with Gasteiger partial charge in [0, 0.05) is 49.8 Å². The van der Waals surface area contributed by atoms with Crippen LogP contribution in [-0.2, 0) is 0 Å². The number of amides is 2. The number of piperidine rings is 2. The molecule has 1 atom stereocenters. The normalized spacial score (nSPS) is 18.9. The number of ether oxygens (including phenoxy) is 1. The molecule has 0 aliphatic carbocycles. The summed E-state index contributed by atoms with van der Waals surface area (Å²) < 4.78 is 6.95. The van der Waals surface area contributed by atoms with Gasteiger partial charge in [-0.2, -0.15) is 5.10 Å². The summed E-state index contributed by atoms with van der Waals surface area (Å²) in [5, 5.41) is 4.20. The number of benzene rings is 1. The van der Waals surface area contributed by atoms with E-state index in [1.165, 1.54) is 0 Å². The Balaban J connectivity index is 1.24. The first kappa shape index (κ1) is 23.1. The lowest BCUT2D eigenvalue weighted by Gasteiger charge is -2.43. The van der Waals surface area contributed by atoms with Gasteiger partial charge < -0.3 is 14.5 Å². The van der Waals surface area contributed by atoms with Crippen LogP contribution in [0.2, 0.25) is 0 Å². The van der Waals surface area contributed by atoms with Crippen LogP contribution in [0.5, 0.6) is 5.75 Å². The maximum Gasteiger partial charge on any atom is 0.255 e. The molecule has 0 radical (unpaired) electrons.